The third kappa shape index (κ3) is 1.62. The van der Waals surface area contributed by atoms with Gasteiger partial charge in [-0.05, 0) is 65.2 Å². The first-order valence-electron chi connectivity index (χ1n) is 8.28. The summed E-state index contributed by atoms with van der Waals surface area (Å²) in [6, 6.07) is 20.2. The Morgan fingerprint density at radius 3 is 2.29 bits per heavy atom. The van der Waals surface area contributed by atoms with Crippen LogP contribution in [0.3, 0.4) is 0 Å². The van der Waals surface area contributed by atoms with E-state index in [2.05, 4.69) is 60.7 Å². The van der Waals surface area contributed by atoms with Crippen LogP contribution in [-0.4, -0.2) is 0 Å². The van der Waals surface area contributed by atoms with Crippen molar-refractivity contribution in [1.82, 2.24) is 0 Å². The average Bonchev–Trinajstić information content (AvgIpc) is 3.17. The third-order valence-electron chi connectivity index (χ3n) is 6.05. The van der Waals surface area contributed by atoms with Gasteiger partial charge in [0.05, 0.1) is 0 Å². The lowest BCUT2D eigenvalue weighted by Crippen LogP contribution is -2.25. The topological polar surface area (TPSA) is 0 Å². The van der Waals surface area contributed by atoms with E-state index in [1.54, 1.807) is 11.1 Å². The predicted octanol–water partition coefficient (Wildman–Crippen LogP) is 5.37. The van der Waals surface area contributed by atoms with Crippen molar-refractivity contribution in [2.24, 2.45) is 17.8 Å². The van der Waals surface area contributed by atoms with Crippen molar-refractivity contribution >= 4 is 11.6 Å². The van der Waals surface area contributed by atoms with Crippen LogP contribution >= 0.6 is 0 Å². The van der Waals surface area contributed by atoms with Crippen LogP contribution in [0.4, 0.5) is 0 Å². The van der Waals surface area contributed by atoms with Crippen LogP contribution in [0.25, 0.3) is 11.6 Å². The van der Waals surface area contributed by atoms with Crippen molar-refractivity contribution < 1.29 is 0 Å². The molecule has 4 atom stereocenters. The molecule has 5 rings (SSSR count). The summed E-state index contributed by atoms with van der Waals surface area (Å²) >= 11 is 0. The Morgan fingerprint density at radius 1 is 0.714 bits per heavy atom. The lowest BCUT2D eigenvalue weighted by Gasteiger charge is -2.37. The van der Waals surface area contributed by atoms with E-state index in [-0.39, 0.29) is 0 Å². The fraction of sp³-hybridized carbons (Fsp3) is 0.333. The van der Waals surface area contributed by atoms with Gasteiger partial charge in [-0.3, -0.25) is 0 Å². The standard InChI is InChI=1S/C21H20/c1-2-6-14(7-3-1)19-13-15-8-4-5-9-18(15)20-16-10-11-17(12-16)21(19)20/h1-9,13,16-17,20-21H,10-12H2/t16-,17+,20-,21+/m1/s1. The molecule has 0 amide bonds. The molecule has 2 fully saturated rings. The summed E-state index contributed by atoms with van der Waals surface area (Å²) in [5.41, 5.74) is 6.13. The lowest BCUT2D eigenvalue weighted by molar-refractivity contribution is 0.349. The smallest absolute Gasteiger partial charge is 0.00556 e. The zero-order chi connectivity index (χ0) is 13.8. The number of rotatable bonds is 1. The highest BCUT2D eigenvalue weighted by Crippen LogP contribution is 2.62. The van der Waals surface area contributed by atoms with E-state index in [9.17, 15) is 0 Å². The second kappa shape index (κ2) is 4.34. The van der Waals surface area contributed by atoms with E-state index < -0.39 is 0 Å². The second-order valence-electron chi connectivity index (χ2n) is 6.98. The molecule has 104 valence electrons. The Kier molecular flexibility index (Phi) is 2.44. The highest BCUT2D eigenvalue weighted by Gasteiger charge is 2.51. The van der Waals surface area contributed by atoms with Gasteiger partial charge in [0, 0.05) is 0 Å². The summed E-state index contributed by atoms with van der Waals surface area (Å²) in [5, 5.41) is 0. The van der Waals surface area contributed by atoms with Crippen molar-refractivity contribution in [3.8, 4) is 0 Å². The molecule has 21 heavy (non-hydrogen) atoms. The number of hydrogen-bond acceptors (Lipinski definition) is 0. The Labute approximate surface area is 126 Å². The molecule has 0 aromatic heterocycles. The maximum atomic E-state index is 2.48. The van der Waals surface area contributed by atoms with Gasteiger partial charge in [-0.1, -0.05) is 60.7 Å². The number of fused-ring (bicyclic) bond motifs is 7. The van der Waals surface area contributed by atoms with Gasteiger partial charge < -0.3 is 0 Å². The molecule has 2 bridgehead atoms. The minimum absolute atomic E-state index is 0.765. The van der Waals surface area contributed by atoms with Crippen LogP contribution in [0.2, 0.25) is 0 Å². The SMILES string of the molecule is C1=C(c2ccccc2)[C@@H]2[C@H]3CC[C@H](C3)[C@@H]2c2ccccc21. The van der Waals surface area contributed by atoms with Gasteiger partial charge >= 0.3 is 0 Å². The average molecular weight is 272 g/mol. The van der Waals surface area contributed by atoms with Crippen LogP contribution in [0, 0.1) is 17.8 Å². The highest BCUT2D eigenvalue weighted by molar-refractivity contribution is 5.87. The molecular weight excluding hydrogens is 252 g/mol. The molecule has 0 heteroatoms. The maximum absolute atomic E-state index is 2.48. The van der Waals surface area contributed by atoms with Gasteiger partial charge in [-0.25, -0.2) is 0 Å². The fourth-order valence-corrected chi connectivity index (χ4v) is 5.30. The molecule has 0 saturated heterocycles. The summed E-state index contributed by atoms with van der Waals surface area (Å²) in [6.07, 6.45) is 6.82. The first-order chi connectivity index (χ1) is 10.4. The zero-order valence-electron chi connectivity index (χ0n) is 12.2. The summed E-state index contributed by atoms with van der Waals surface area (Å²) in [5.74, 6) is 3.38. The van der Waals surface area contributed by atoms with Gasteiger partial charge in [-0.15, -0.1) is 0 Å². The molecule has 0 N–H and O–H groups in total. The van der Waals surface area contributed by atoms with Crippen molar-refractivity contribution in [1.29, 1.82) is 0 Å². The molecule has 2 aromatic rings. The van der Waals surface area contributed by atoms with Crippen molar-refractivity contribution in [3.05, 3.63) is 71.3 Å². The Balaban J connectivity index is 1.73. The third-order valence-corrected chi connectivity index (χ3v) is 6.05. The van der Waals surface area contributed by atoms with Gasteiger partial charge in [0.1, 0.15) is 0 Å². The second-order valence-corrected chi connectivity index (χ2v) is 6.98. The zero-order valence-corrected chi connectivity index (χ0v) is 12.2. The molecule has 0 spiro atoms. The van der Waals surface area contributed by atoms with Gasteiger partial charge in [0.2, 0.25) is 0 Å². The largest absolute Gasteiger partial charge is 0.0622 e. The minimum atomic E-state index is 0.765. The summed E-state index contributed by atoms with van der Waals surface area (Å²) in [7, 11) is 0. The fourth-order valence-electron chi connectivity index (χ4n) is 5.30. The molecule has 0 aliphatic heterocycles. The van der Waals surface area contributed by atoms with Crippen LogP contribution in [-0.2, 0) is 0 Å². The van der Waals surface area contributed by atoms with E-state index in [0.717, 1.165) is 23.7 Å². The van der Waals surface area contributed by atoms with Gasteiger partial charge in [0.15, 0.2) is 0 Å². The van der Waals surface area contributed by atoms with Crippen LogP contribution in [0.5, 0.6) is 0 Å². The Hall–Kier alpha value is -1.82. The molecule has 3 aliphatic carbocycles. The predicted molar refractivity (Wildman–Crippen MR) is 87.8 cm³/mol. The molecule has 0 nitrogen and oxygen atoms in total. The first-order valence-corrected chi connectivity index (χ1v) is 8.28. The normalized spacial score (nSPS) is 32.5. The van der Waals surface area contributed by atoms with Crippen LogP contribution in [0.15, 0.2) is 54.6 Å². The van der Waals surface area contributed by atoms with Crippen LogP contribution < -0.4 is 0 Å². The van der Waals surface area contributed by atoms with E-state index in [0.29, 0.717) is 0 Å². The molecule has 0 unspecified atom stereocenters. The highest BCUT2D eigenvalue weighted by atomic mass is 14.5. The van der Waals surface area contributed by atoms with E-state index >= 15 is 0 Å². The molecule has 2 aromatic carbocycles. The van der Waals surface area contributed by atoms with E-state index in [1.807, 2.05) is 0 Å². The van der Waals surface area contributed by atoms with Crippen LogP contribution in [0.1, 0.15) is 41.9 Å². The number of allylic oxidation sites excluding steroid dienone is 1. The lowest BCUT2D eigenvalue weighted by atomic mass is 9.66. The quantitative estimate of drug-likeness (QED) is 0.654. The van der Waals surface area contributed by atoms with Crippen molar-refractivity contribution in [2.75, 3.05) is 0 Å². The van der Waals surface area contributed by atoms with Crippen molar-refractivity contribution in [2.45, 2.75) is 25.2 Å². The summed E-state index contributed by atoms with van der Waals surface area (Å²) in [4.78, 5) is 0. The summed E-state index contributed by atoms with van der Waals surface area (Å²) < 4.78 is 0. The van der Waals surface area contributed by atoms with Gasteiger partial charge in [-0.2, -0.15) is 0 Å². The van der Waals surface area contributed by atoms with E-state index in [4.69, 9.17) is 0 Å². The number of hydrogen-bond donors (Lipinski definition) is 0. The summed E-state index contributed by atoms with van der Waals surface area (Å²) in [6.45, 7) is 0. The first kappa shape index (κ1) is 11.8. The Bertz CT molecular complexity index is 710. The molecule has 0 radical (unpaired) electrons. The minimum Gasteiger partial charge on any atom is -0.0622 e. The van der Waals surface area contributed by atoms with Crippen molar-refractivity contribution in [3.63, 3.8) is 0 Å². The molecule has 0 heterocycles. The Morgan fingerprint density at radius 2 is 1.43 bits per heavy atom. The molecular formula is C21H20. The molecule has 3 aliphatic rings. The maximum Gasteiger partial charge on any atom is -0.00556 e. The molecule has 2 saturated carbocycles. The van der Waals surface area contributed by atoms with Gasteiger partial charge in [0.25, 0.3) is 0 Å². The number of benzene rings is 2. The van der Waals surface area contributed by atoms with E-state index in [1.165, 1.54) is 30.4 Å². The monoisotopic (exact) mass is 272 g/mol.